The molecule has 2 fully saturated rings. The van der Waals surface area contributed by atoms with Crippen molar-refractivity contribution < 1.29 is 14.6 Å². The summed E-state index contributed by atoms with van der Waals surface area (Å²) >= 11 is 0. The molecule has 0 saturated carbocycles. The molecule has 2 saturated heterocycles. The van der Waals surface area contributed by atoms with Crippen LogP contribution in [-0.4, -0.2) is 36.5 Å². The Balaban J connectivity index is 1.40. The minimum atomic E-state index is -0.259. The summed E-state index contributed by atoms with van der Waals surface area (Å²) in [6.45, 7) is 0.985. The monoisotopic (exact) mass is 373 g/mol. The number of urea groups is 1. The van der Waals surface area contributed by atoms with Crippen molar-refractivity contribution >= 4 is 11.7 Å². The first-order valence-corrected chi connectivity index (χ1v) is 10.0. The zero-order valence-electron chi connectivity index (χ0n) is 15.8. The zero-order valence-corrected chi connectivity index (χ0v) is 15.8. The number of carbonyl (C=O) groups is 1. The molecule has 4 atom stereocenters. The van der Waals surface area contributed by atoms with Gasteiger partial charge in [0, 0.05) is 24.8 Å². The molecule has 2 aliphatic rings. The molecule has 2 heterocycles. The van der Waals surface area contributed by atoms with Crippen molar-refractivity contribution in [2.75, 3.05) is 18.5 Å². The lowest BCUT2D eigenvalue weighted by molar-refractivity contribution is 0.0870. The molecule has 27 heavy (non-hydrogen) atoms. The van der Waals surface area contributed by atoms with Crippen LogP contribution in [0.1, 0.15) is 38.5 Å². The van der Waals surface area contributed by atoms with Crippen LogP contribution in [0, 0.1) is 11.8 Å². The highest BCUT2D eigenvalue weighted by Crippen LogP contribution is 2.44. The first kappa shape index (κ1) is 19.9. The minimum absolute atomic E-state index is 0.259. The molecule has 1 aromatic rings. The second kappa shape index (κ2) is 10.4. The number of ether oxygens (including phenoxy) is 1. The molecule has 6 nitrogen and oxygen atoms in total. The second-order valence-corrected chi connectivity index (χ2v) is 7.37. The average molecular weight is 373 g/mol. The first-order chi connectivity index (χ1) is 13.3. The van der Waals surface area contributed by atoms with Gasteiger partial charge >= 0.3 is 6.03 Å². The molecule has 6 heteroatoms. The molecule has 0 aromatic heterocycles. The van der Waals surface area contributed by atoms with Gasteiger partial charge in [-0.15, -0.1) is 0 Å². The summed E-state index contributed by atoms with van der Waals surface area (Å²) in [7, 11) is 0. The first-order valence-electron chi connectivity index (χ1n) is 10.0. The highest BCUT2D eigenvalue weighted by Gasteiger charge is 2.47. The number of hydrogen-bond donors (Lipinski definition) is 4. The minimum Gasteiger partial charge on any atom is -0.396 e. The van der Waals surface area contributed by atoms with Gasteiger partial charge in [0.25, 0.3) is 0 Å². The quantitative estimate of drug-likeness (QED) is 0.288. The molecular formula is C21H31N3O3. The smallest absolute Gasteiger partial charge is 0.333 e. The SMILES string of the molecule is O=C(NNCC1C2CCC(O2)C1C/C=C/CCCCO)Nc1ccccc1. The Morgan fingerprint density at radius 1 is 1.11 bits per heavy atom. The number of hydrogen-bond acceptors (Lipinski definition) is 4. The van der Waals surface area contributed by atoms with E-state index in [1.165, 1.54) is 0 Å². The normalized spacial score (nSPS) is 26.6. The van der Waals surface area contributed by atoms with E-state index in [0.29, 0.717) is 30.6 Å². The number of nitrogens with one attached hydrogen (secondary N) is 3. The highest BCUT2D eigenvalue weighted by molar-refractivity contribution is 5.88. The van der Waals surface area contributed by atoms with E-state index in [1.54, 1.807) is 0 Å². The van der Waals surface area contributed by atoms with E-state index in [0.717, 1.165) is 44.2 Å². The molecule has 2 aliphatic heterocycles. The van der Waals surface area contributed by atoms with Crippen LogP contribution in [0.2, 0.25) is 0 Å². The van der Waals surface area contributed by atoms with E-state index in [9.17, 15) is 4.79 Å². The number of para-hydroxylation sites is 1. The Morgan fingerprint density at radius 2 is 1.89 bits per heavy atom. The van der Waals surface area contributed by atoms with Gasteiger partial charge in [-0.3, -0.25) is 5.43 Å². The van der Waals surface area contributed by atoms with Crippen LogP contribution in [-0.2, 0) is 4.74 Å². The number of anilines is 1. The van der Waals surface area contributed by atoms with Crippen LogP contribution >= 0.6 is 0 Å². The van der Waals surface area contributed by atoms with Crippen molar-refractivity contribution in [1.82, 2.24) is 10.9 Å². The van der Waals surface area contributed by atoms with Crippen LogP contribution < -0.4 is 16.2 Å². The number of benzene rings is 1. The van der Waals surface area contributed by atoms with E-state index in [4.69, 9.17) is 9.84 Å². The van der Waals surface area contributed by atoms with E-state index < -0.39 is 0 Å². The fourth-order valence-corrected chi connectivity index (χ4v) is 4.16. The van der Waals surface area contributed by atoms with Gasteiger partial charge < -0.3 is 15.2 Å². The van der Waals surface area contributed by atoms with Crippen molar-refractivity contribution in [1.29, 1.82) is 0 Å². The van der Waals surface area contributed by atoms with Gasteiger partial charge in [0.1, 0.15) is 0 Å². The summed E-state index contributed by atoms with van der Waals surface area (Å²) in [4.78, 5) is 12.0. The number of hydrazine groups is 1. The summed E-state index contributed by atoms with van der Waals surface area (Å²) in [5.74, 6) is 0.923. The molecule has 2 amide bonds. The van der Waals surface area contributed by atoms with Gasteiger partial charge in [0.05, 0.1) is 12.2 Å². The third-order valence-corrected chi connectivity index (χ3v) is 5.52. The molecule has 148 valence electrons. The van der Waals surface area contributed by atoms with Crippen LogP contribution in [0.15, 0.2) is 42.5 Å². The third kappa shape index (κ3) is 5.79. The molecule has 1 aromatic carbocycles. The Morgan fingerprint density at radius 3 is 2.67 bits per heavy atom. The average Bonchev–Trinajstić information content (AvgIpc) is 3.27. The topological polar surface area (TPSA) is 82.6 Å². The van der Waals surface area contributed by atoms with Gasteiger partial charge in [-0.2, -0.15) is 0 Å². The number of carbonyl (C=O) groups excluding carboxylic acids is 1. The number of allylic oxidation sites excluding steroid dienone is 2. The Kier molecular flexibility index (Phi) is 7.68. The molecule has 4 unspecified atom stereocenters. The lowest BCUT2D eigenvalue weighted by Gasteiger charge is -2.27. The Bertz CT molecular complexity index is 608. The van der Waals surface area contributed by atoms with E-state index in [2.05, 4.69) is 28.3 Å². The van der Waals surface area contributed by atoms with Gasteiger partial charge in [-0.1, -0.05) is 30.4 Å². The predicted molar refractivity (Wildman–Crippen MR) is 106 cm³/mol. The van der Waals surface area contributed by atoms with E-state index in [-0.39, 0.29) is 12.6 Å². The molecule has 4 N–H and O–H groups in total. The van der Waals surface area contributed by atoms with Crippen molar-refractivity contribution in [3.63, 3.8) is 0 Å². The van der Waals surface area contributed by atoms with Crippen LogP contribution in [0.25, 0.3) is 0 Å². The number of rotatable bonds is 10. The molecule has 0 aliphatic carbocycles. The molecule has 0 radical (unpaired) electrons. The van der Waals surface area contributed by atoms with Gasteiger partial charge in [0.15, 0.2) is 0 Å². The highest BCUT2D eigenvalue weighted by atomic mass is 16.5. The van der Waals surface area contributed by atoms with Crippen molar-refractivity contribution in [2.24, 2.45) is 11.8 Å². The summed E-state index contributed by atoms with van der Waals surface area (Å²) in [6, 6.07) is 9.14. The predicted octanol–water partition coefficient (Wildman–Crippen LogP) is 3.22. The van der Waals surface area contributed by atoms with E-state index >= 15 is 0 Å². The maximum absolute atomic E-state index is 12.0. The van der Waals surface area contributed by atoms with Gasteiger partial charge in [0.2, 0.25) is 0 Å². The molecule has 2 bridgehead atoms. The third-order valence-electron chi connectivity index (χ3n) is 5.52. The molecular weight excluding hydrogens is 342 g/mol. The van der Waals surface area contributed by atoms with E-state index in [1.807, 2.05) is 30.3 Å². The standard InChI is InChI=1S/C21H31N3O3/c25-14-8-3-1-2-7-11-17-18(20-13-12-19(17)27-20)15-22-24-21(26)23-16-9-5-4-6-10-16/h2,4-7,9-10,17-20,22,25H,1,3,8,11-15H2,(H2,23,24,26)/b7-2+. The van der Waals surface area contributed by atoms with Crippen molar-refractivity contribution in [3.05, 3.63) is 42.5 Å². The fraction of sp³-hybridized carbons (Fsp3) is 0.571. The second-order valence-electron chi connectivity index (χ2n) is 7.37. The van der Waals surface area contributed by atoms with Gasteiger partial charge in [-0.25, -0.2) is 10.2 Å². The largest absolute Gasteiger partial charge is 0.396 e. The number of amides is 2. The number of unbranched alkanes of at least 4 members (excludes halogenated alkanes) is 2. The summed E-state index contributed by atoms with van der Waals surface area (Å²) < 4.78 is 6.11. The molecule has 0 spiro atoms. The number of aliphatic hydroxyl groups excluding tert-OH is 1. The van der Waals surface area contributed by atoms with Crippen LogP contribution in [0.5, 0.6) is 0 Å². The van der Waals surface area contributed by atoms with Gasteiger partial charge in [-0.05, 0) is 56.6 Å². The summed E-state index contributed by atoms with van der Waals surface area (Å²) in [5.41, 5.74) is 6.59. The number of fused-ring (bicyclic) bond motifs is 2. The summed E-state index contributed by atoms with van der Waals surface area (Å²) in [5, 5.41) is 11.6. The maximum Gasteiger partial charge on any atom is 0.333 e. The van der Waals surface area contributed by atoms with Crippen molar-refractivity contribution in [2.45, 2.75) is 50.7 Å². The Labute approximate surface area is 161 Å². The zero-order chi connectivity index (χ0) is 18.9. The van der Waals surface area contributed by atoms with Crippen molar-refractivity contribution in [3.8, 4) is 0 Å². The summed E-state index contributed by atoms with van der Waals surface area (Å²) in [6.07, 6.45) is 11.3. The Hall–Kier alpha value is -1.89. The number of aliphatic hydroxyl groups is 1. The van der Waals surface area contributed by atoms with Crippen LogP contribution in [0.4, 0.5) is 10.5 Å². The maximum atomic E-state index is 12.0. The molecule has 3 rings (SSSR count). The fourth-order valence-electron chi connectivity index (χ4n) is 4.16. The lowest BCUT2D eigenvalue weighted by Crippen LogP contribution is -2.45. The van der Waals surface area contributed by atoms with Crippen LogP contribution in [0.3, 0.4) is 0 Å². The lowest BCUT2D eigenvalue weighted by atomic mass is 9.77.